The first kappa shape index (κ1) is 14.1. The molecule has 1 fully saturated rings. The Hall–Kier alpha value is -2.35. The molecule has 0 aromatic heterocycles. The standard InChI is InChI=1S/C11H9ClN2O6/c12-6-2-8(9(15)3-7(6)14(19)20)13-4-5(11(17)18)1-10(13)16/h2-3,5,15H,1,4H2,(H,17,18). The van der Waals surface area contributed by atoms with Crippen LogP contribution in [0.3, 0.4) is 0 Å². The van der Waals surface area contributed by atoms with Gasteiger partial charge in [-0.3, -0.25) is 19.7 Å². The predicted octanol–water partition coefficient (Wildman–Crippen LogP) is 1.39. The van der Waals surface area contributed by atoms with Gasteiger partial charge in [0, 0.05) is 13.0 Å². The van der Waals surface area contributed by atoms with E-state index >= 15 is 0 Å². The zero-order valence-corrected chi connectivity index (χ0v) is 10.7. The van der Waals surface area contributed by atoms with Crippen molar-refractivity contribution in [1.29, 1.82) is 0 Å². The van der Waals surface area contributed by atoms with Gasteiger partial charge in [0.1, 0.15) is 10.8 Å². The Labute approximate surface area is 117 Å². The number of aliphatic carboxylic acids is 1. The van der Waals surface area contributed by atoms with Crippen LogP contribution in [0.15, 0.2) is 12.1 Å². The van der Waals surface area contributed by atoms with Crippen molar-refractivity contribution in [2.45, 2.75) is 6.42 Å². The molecule has 0 aliphatic carbocycles. The first-order valence-corrected chi connectivity index (χ1v) is 5.89. The largest absolute Gasteiger partial charge is 0.505 e. The summed E-state index contributed by atoms with van der Waals surface area (Å²) in [6, 6.07) is 1.91. The molecule has 1 heterocycles. The van der Waals surface area contributed by atoms with Crippen molar-refractivity contribution in [3.05, 3.63) is 27.3 Å². The topological polar surface area (TPSA) is 121 Å². The van der Waals surface area contributed by atoms with E-state index in [0.29, 0.717) is 0 Å². The summed E-state index contributed by atoms with van der Waals surface area (Å²) >= 11 is 5.71. The maximum atomic E-state index is 11.7. The van der Waals surface area contributed by atoms with E-state index in [1.165, 1.54) is 0 Å². The summed E-state index contributed by atoms with van der Waals surface area (Å²) in [7, 11) is 0. The minimum Gasteiger partial charge on any atom is -0.505 e. The second-order valence-electron chi connectivity index (χ2n) is 4.29. The predicted molar refractivity (Wildman–Crippen MR) is 67.9 cm³/mol. The molecule has 1 saturated heterocycles. The van der Waals surface area contributed by atoms with Crippen molar-refractivity contribution >= 4 is 34.9 Å². The lowest BCUT2D eigenvalue weighted by atomic mass is 10.1. The monoisotopic (exact) mass is 300 g/mol. The number of carbonyl (C=O) groups excluding carboxylic acids is 1. The second kappa shape index (κ2) is 4.97. The normalized spacial score (nSPS) is 18.4. The zero-order chi connectivity index (χ0) is 15.0. The number of aromatic hydroxyl groups is 1. The van der Waals surface area contributed by atoms with E-state index in [2.05, 4.69) is 0 Å². The number of rotatable bonds is 3. The first-order valence-electron chi connectivity index (χ1n) is 5.51. The van der Waals surface area contributed by atoms with Gasteiger partial charge in [-0.25, -0.2) is 0 Å². The van der Waals surface area contributed by atoms with Crippen molar-refractivity contribution in [3.63, 3.8) is 0 Å². The number of hydrogen-bond donors (Lipinski definition) is 2. The van der Waals surface area contributed by atoms with Gasteiger partial charge in [0.25, 0.3) is 5.69 Å². The lowest BCUT2D eigenvalue weighted by Crippen LogP contribution is -2.25. The molecule has 106 valence electrons. The third-order valence-corrected chi connectivity index (χ3v) is 3.31. The van der Waals surface area contributed by atoms with Crippen molar-refractivity contribution in [2.75, 3.05) is 11.4 Å². The SMILES string of the molecule is O=C(O)C1CC(=O)N(c2cc(Cl)c([N+](=O)[O-])cc2O)C1. The maximum Gasteiger partial charge on any atom is 0.308 e. The van der Waals surface area contributed by atoms with Crippen LogP contribution in [0.5, 0.6) is 5.75 Å². The molecule has 1 aromatic carbocycles. The van der Waals surface area contributed by atoms with Crippen LogP contribution in [0, 0.1) is 16.0 Å². The van der Waals surface area contributed by atoms with Gasteiger partial charge in [-0.05, 0) is 6.07 Å². The summed E-state index contributed by atoms with van der Waals surface area (Å²) in [5.41, 5.74) is -0.524. The summed E-state index contributed by atoms with van der Waals surface area (Å²) in [5.74, 6) is -2.98. The number of nitro benzene ring substituents is 1. The van der Waals surface area contributed by atoms with Crippen LogP contribution in [0.1, 0.15) is 6.42 Å². The molecule has 1 aliphatic heterocycles. The highest BCUT2D eigenvalue weighted by Crippen LogP contribution is 2.39. The Morgan fingerprint density at radius 1 is 1.50 bits per heavy atom. The van der Waals surface area contributed by atoms with Gasteiger partial charge in [0.05, 0.1) is 22.6 Å². The number of nitro groups is 1. The van der Waals surface area contributed by atoms with Gasteiger partial charge in [-0.15, -0.1) is 0 Å². The van der Waals surface area contributed by atoms with E-state index in [1.807, 2.05) is 0 Å². The Morgan fingerprint density at radius 2 is 2.15 bits per heavy atom. The molecule has 2 N–H and O–H groups in total. The summed E-state index contributed by atoms with van der Waals surface area (Å²) in [4.78, 5) is 33.6. The Balaban J connectivity index is 2.39. The summed E-state index contributed by atoms with van der Waals surface area (Å²) < 4.78 is 0. The van der Waals surface area contributed by atoms with E-state index in [4.69, 9.17) is 16.7 Å². The van der Waals surface area contributed by atoms with Gasteiger partial charge in [-0.2, -0.15) is 0 Å². The zero-order valence-electron chi connectivity index (χ0n) is 9.95. The van der Waals surface area contributed by atoms with Crippen LogP contribution in [0.25, 0.3) is 0 Å². The van der Waals surface area contributed by atoms with Crippen LogP contribution >= 0.6 is 11.6 Å². The number of amides is 1. The number of nitrogens with zero attached hydrogens (tertiary/aromatic N) is 2. The molecule has 20 heavy (non-hydrogen) atoms. The number of hydrogen-bond acceptors (Lipinski definition) is 5. The molecule has 9 heteroatoms. The molecule has 1 aromatic rings. The van der Waals surface area contributed by atoms with Crippen LogP contribution in [-0.2, 0) is 9.59 Å². The molecule has 1 aliphatic rings. The molecule has 0 bridgehead atoms. The molecule has 0 saturated carbocycles. The number of phenols is 1. The second-order valence-corrected chi connectivity index (χ2v) is 4.70. The van der Waals surface area contributed by atoms with Crippen molar-refractivity contribution in [1.82, 2.24) is 0 Å². The fraction of sp³-hybridized carbons (Fsp3) is 0.273. The van der Waals surface area contributed by atoms with E-state index in [0.717, 1.165) is 17.0 Å². The van der Waals surface area contributed by atoms with Crippen molar-refractivity contribution in [3.8, 4) is 5.75 Å². The van der Waals surface area contributed by atoms with Gasteiger partial charge < -0.3 is 15.1 Å². The molecular formula is C11H9ClN2O6. The van der Waals surface area contributed by atoms with Crippen LogP contribution in [-0.4, -0.2) is 33.6 Å². The molecule has 0 radical (unpaired) electrons. The molecule has 1 unspecified atom stereocenters. The number of benzene rings is 1. The molecule has 0 spiro atoms. The van der Waals surface area contributed by atoms with Crippen LogP contribution in [0.2, 0.25) is 5.02 Å². The lowest BCUT2D eigenvalue weighted by Gasteiger charge is -2.17. The number of carboxylic acids is 1. The van der Waals surface area contributed by atoms with E-state index in [1.54, 1.807) is 0 Å². The third kappa shape index (κ3) is 2.37. The van der Waals surface area contributed by atoms with E-state index < -0.39 is 34.2 Å². The number of carboxylic acid groups (broad SMARTS) is 1. The van der Waals surface area contributed by atoms with Gasteiger partial charge in [0.2, 0.25) is 5.91 Å². The molecule has 2 rings (SSSR count). The number of anilines is 1. The molecule has 1 atom stereocenters. The summed E-state index contributed by atoms with van der Waals surface area (Å²) in [6.45, 7) is -0.115. The quantitative estimate of drug-likeness (QED) is 0.642. The molecule has 8 nitrogen and oxygen atoms in total. The minimum absolute atomic E-state index is 0.0330. The van der Waals surface area contributed by atoms with Crippen LogP contribution in [0.4, 0.5) is 11.4 Å². The van der Waals surface area contributed by atoms with Gasteiger partial charge in [0.15, 0.2) is 0 Å². The van der Waals surface area contributed by atoms with E-state index in [-0.39, 0.29) is 23.7 Å². The molecule has 1 amide bonds. The lowest BCUT2D eigenvalue weighted by molar-refractivity contribution is -0.384. The molecular weight excluding hydrogens is 292 g/mol. The first-order chi connectivity index (χ1) is 9.31. The smallest absolute Gasteiger partial charge is 0.308 e. The minimum atomic E-state index is -1.12. The highest BCUT2D eigenvalue weighted by molar-refractivity contribution is 6.33. The fourth-order valence-corrected chi connectivity index (χ4v) is 2.23. The fourth-order valence-electron chi connectivity index (χ4n) is 2.00. The van der Waals surface area contributed by atoms with E-state index in [9.17, 15) is 24.8 Å². The Morgan fingerprint density at radius 3 is 2.65 bits per heavy atom. The van der Waals surface area contributed by atoms with Crippen molar-refractivity contribution < 1.29 is 24.7 Å². The summed E-state index contributed by atoms with van der Waals surface area (Å²) in [5, 5.41) is 29.1. The highest BCUT2D eigenvalue weighted by Gasteiger charge is 2.36. The van der Waals surface area contributed by atoms with Gasteiger partial charge >= 0.3 is 5.97 Å². The average Bonchev–Trinajstić information content (AvgIpc) is 2.73. The number of phenolic OH excluding ortho intramolecular Hbond substituents is 1. The number of carbonyl (C=O) groups is 2. The third-order valence-electron chi connectivity index (χ3n) is 3.01. The maximum absolute atomic E-state index is 11.7. The highest BCUT2D eigenvalue weighted by atomic mass is 35.5. The Bertz CT molecular complexity index is 617. The van der Waals surface area contributed by atoms with Gasteiger partial charge in [-0.1, -0.05) is 11.6 Å². The van der Waals surface area contributed by atoms with Crippen LogP contribution < -0.4 is 4.90 Å². The average molecular weight is 301 g/mol. The Kier molecular flexibility index (Phi) is 3.49. The number of halogens is 1. The summed E-state index contributed by atoms with van der Waals surface area (Å²) in [6.07, 6.45) is -0.191. The van der Waals surface area contributed by atoms with Crippen molar-refractivity contribution in [2.24, 2.45) is 5.92 Å².